The van der Waals surface area contributed by atoms with Crippen molar-refractivity contribution in [3.63, 3.8) is 0 Å². The number of rotatable bonds is 3. The molecule has 74 valence electrons. The van der Waals surface area contributed by atoms with Gasteiger partial charge in [-0.1, -0.05) is 0 Å². The molecule has 1 aromatic rings. The number of nitrogens with zero attached hydrogens (tertiary/aromatic N) is 1. The fourth-order valence-electron chi connectivity index (χ4n) is 0.789. The molecule has 0 bridgehead atoms. The van der Waals surface area contributed by atoms with E-state index >= 15 is 0 Å². The Hall–Kier alpha value is -1.70. The third-order valence-corrected chi connectivity index (χ3v) is 1.43. The van der Waals surface area contributed by atoms with Crippen molar-refractivity contribution in [1.29, 1.82) is 5.26 Å². The molecule has 1 rings (SSSR count). The van der Waals surface area contributed by atoms with E-state index in [4.69, 9.17) is 5.26 Å². The molecule has 1 atom stereocenters. The highest BCUT2D eigenvalue weighted by atomic mass is 19.3. The maximum absolute atomic E-state index is 12.4. The molecule has 0 aromatic heterocycles. The zero-order valence-corrected chi connectivity index (χ0v) is 6.95. The fourth-order valence-corrected chi connectivity index (χ4v) is 0.789. The quantitative estimate of drug-likeness (QED) is 0.752. The summed E-state index contributed by atoms with van der Waals surface area (Å²) < 4.78 is 40.0. The highest BCUT2D eigenvalue weighted by molar-refractivity contribution is 5.34. The monoisotopic (exact) mass is 201 g/mol. The van der Waals surface area contributed by atoms with Gasteiger partial charge in [-0.15, -0.1) is 0 Å². The van der Waals surface area contributed by atoms with Gasteiger partial charge in [0.15, 0.2) is 0 Å². The molecule has 0 radical (unpaired) electrons. The number of nitriles is 1. The van der Waals surface area contributed by atoms with Crippen LogP contribution < -0.4 is 4.74 Å². The molecule has 1 unspecified atom stereocenters. The summed E-state index contributed by atoms with van der Waals surface area (Å²) in [6.45, 7) is 0. The standard InChI is InChI=1S/C9H6F3NO/c10-8(11)9(12)14-7-3-1-6(5-13)2-4-7/h1-4,8-9H. The van der Waals surface area contributed by atoms with Crippen LogP contribution in [0.3, 0.4) is 0 Å². The van der Waals surface area contributed by atoms with Crippen molar-refractivity contribution in [3.05, 3.63) is 29.8 Å². The van der Waals surface area contributed by atoms with Crippen LogP contribution in [-0.2, 0) is 0 Å². The average Bonchev–Trinajstić information content (AvgIpc) is 2.19. The van der Waals surface area contributed by atoms with E-state index in [-0.39, 0.29) is 5.75 Å². The number of hydrogen-bond donors (Lipinski definition) is 0. The fraction of sp³-hybridized carbons (Fsp3) is 0.222. The lowest BCUT2D eigenvalue weighted by Gasteiger charge is -2.09. The molecule has 0 aliphatic carbocycles. The van der Waals surface area contributed by atoms with Crippen LogP contribution in [0.2, 0.25) is 0 Å². The largest absolute Gasteiger partial charge is 0.454 e. The third-order valence-electron chi connectivity index (χ3n) is 1.43. The topological polar surface area (TPSA) is 33.0 Å². The summed E-state index contributed by atoms with van der Waals surface area (Å²) in [5, 5.41) is 8.41. The van der Waals surface area contributed by atoms with Crippen LogP contribution in [0.5, 0.6) is 5.75 Å². The Labute approximate surface area is 78.5 Å². The van der Waals surface area contributed by atoms with Gasteiger partial charge in [0.25, 0.3) is 6.36 Å². The van der Waals surface area contributed by atoms with Crippen molar-refractivity contribution < 1.29 is 17.9 Å². The number of alkyl halides is 3. The van der Waals surface area contributed by atoms with E-state index in [9.17, 15) is 13.2 Å². The Bertz CT molecular complexity index is 331. The average molecular weight is 201 g/mol. The van der Waals surface area contributed by atoms with Gasteiger partial charge in [0.2, 0.25) is 0 Å². The van der Waals surface area contributed by atoms with E-state index in [1.165, 1.54) is 24.3 Å². The van der Waals surface area contributed by atoms with Crippen LogP contribution in [0, 0.1) is 11.3 Å². The molecule has 0 aliphatic rings. The van der Waals surface area contributed by atoms with Gasteiger partial charge in [-0.3, -0.25) is 0 Å². The minimum absolute atomic E-state index is 0.0307. The Morgan fingerprint density at radius 3 is 2.14 bits per heavy atom. The second-order valence-corrected chi connectivity index (χ2v) is 2.44. The van der Waals surface area contributed by atoms with Crippen molar-refractivity contribution in [3.8, 4) is 11.8 Å². The van der Waals surface area contributed by atoms with Crippen LogP contribution >= 0.6 is 0 Å². The first-order chi connectivity index (χ1) is 6.63. The first-order valence-corrected chi connectivity index (χ1v) is 3.72. The van der Waals surface area contributed by atoms with Crippen LogP contribution in [0.25, 0.3) is 0 Å². The second-order valence-electron chi connectivity index (χ2n) is 2.44. The highest BCUT2D eigenvalue weighted by Crippen LogP contribution is 2.16. The maximum atomic E-state index is 12.4. The normalized spacial score (nSPS) is 12.2. The van der Waals surface area contributed by atoms with Gasteiger partial charge in [-0.05, 0) is 24.3 Å². The molecule has 5 heteroatoms. The van der Waals surface area contributed by atoms with Gasteiger partial charge >= 0.3 is 6.43 Å². The third kappa shape index (κ3) is 2.66. The first kappa shape index (κ1) is 10.4. The predicted octanol–water partition coefficient (Wildman–Crippen LogP) is 2.50. The SMILES string of the molecule is N#Cc1ccc(OC(F)C(F)F)cc1. The lowest BCUT2D eigenvalue weighted by molar-refractivity contribution is -0.0668. The Morgan fingerprint density at radius 1 is 1.14 bits per heavy atom. The Kier molecular flexibility index (Phi) is 3.35. The molecule has 0 saturated carbocycles. The molecule has 0 heterocycles. The summed E-state index contributed by atoms with van der Waals surface area (Å²) >= 11 is 0. The van der Waals surface area contributed by atoms with Gasteiger partial charge in [0.05, 0.1) is 11.6 Å². The number of hydrogen-bond acceptors (Lipinski definition) is 2. The molecule has 0 fully saturated rings. The van der Waals surface area contributed by atoms with Crippen LogP contribution in [0.15, 0.2) is 24.3 Å². The number of halogens is 3. The van der Waals surface area contributed by atoms with E-state index in [0.717, 1.165) is 0 Å². The second kappa shape index (κ2) is 4.51. The van der Waals surface area contributed by atoms with Gasteiger partial charge in [-0.25, -0.2) is 8.78 Å². The lowest BCUT2D eigenvalue weighted by atomic mass is 10.2. The summed E-state index contributed by atoms with van der Waals surface area (Å²) in [4.78, 5) is 0. The van der Waals surface area contributed by atoms with Crippen molar-refractivity contribution in [2.45, 2.75) is 12.8 Å². The van der Waals surface area contributed by atoms with Crippen molar-refractivity contribution in [2.24, 2.45) is 0 Å². The molecular weight excluding hydrogens is 195 g/mol. The molecule has 2 nitrogen and oxygen atoms in total. The van der Waals surface area contributed by atoms with Crippen LogP contribution in [0.4, 0.5) is 13.2 Å². The molecule has 0 saturated heterocycles. The molecular formula is C9H6F3NO. The molecule has 0 spiro atoms. The predicted molar refractivity (Wildman–Crippen MR) is 42.7 cm³/mol. The van der Waals surface area contributed by atoms with Crippen molar-refractivity contribution in [2.75, 3.05) is 0 Å². The summed E-state index contributed by atoms with van der Waals surface area (Å²) in [7, 11) is 0. The van der Waals surface area contributed by atoms with E-state index < -0.39 is 12.8 Å². The van der Waals surface area contributed by atoms with Crippen LogP contribution in [-0.4, -0.2) is 12.8 Å². The molecule has 0 amide bonds. The minimum Gasteiger partial charge on any atom is -0.454 e. The van der Waals surface area contributed by atoms with Gasteiger partial charge < -0.3 is 4.74 Å². The van der Waals surface area contributed by atoms with Gasteiger partial charge in [-0.2, -0.15) is 9.65 Å². The van der Waals surface area contributed by atoms with Crippen LogP contribution in [0.1, 0.15) is 5.56 Å². The first-order valence-electron chi connectivity index (χ1n) is 3.72. The van der Waals surface area contributed by atoms with E-state index in [0.29, 0.717) is 5.56 Å². The van der Waals surface area contributed by atoms with E-state index in [1.54, 1.807) is 0 Å². The maximum Gasteiger partial charge on any atom is 0.304 e. The van der Waals surface area contributed by atoms with E-state index in [1.807, 2.05) is 6.07 Å². The zero-order valence-electron chi connectivity index (χ0n) is 6.95. The number of benzene rings is 1. The Balaban J connectivity index is 2.65. The van der Waals surface area contributed by atoms with Gasteiger partial charge in [0.1, 0.15) is 5.75 Å². The minimum atomic E-state index is -3.18. The molecule has 0 N–H and O–H groups in total. The summed E-state index contributed by atoms with van der Waals surface area (Å²) in [6, 6.07) is 7.06. The molecule has 14 heavy (non-hydrogen) atoms. The Morgan fingerprint density at radius 2 is 1.71 bits per heavy atom. The summed E-state index contributed by atoms with van der Waals surface area (Å²) in [5.41, 5.74) is 0.352. The lowest BCUT2D eigenvalue weighted by Crippen LogP contribution is -2.19. The van der Waals surface area contributed by atoms with Crippen molar-refractivity contribution in [1.82, 2.24) is 0 Å². The molecule has 1 aromatic carbocycles. The van der Waals surface area contributed by atoms with Crippen molar-refractivity contribution >= 4 is 0 Å². The zero-order chi connectivity index (χ0) is 10.6. The summed E-state index contributed by atoms with van der Waals surface area (Å²) in [6.07, 6.45) is -5.81. The van der Waals surface area contributed by atoms with Gasteiger partial charge in [0, 0.05) is 0 Å². The highest BCUT2D eigenvalue weighted by Gasteiger charge is 2.20. The number of ether oxygens (including phenoxy) is 1. The molecule has 0 aliphatic heterocycles. The van der Waals surface area contributed by atoms with E-state index in [2.05, 4.69) is 4.74 Å². The summed E-state index contributed by atoms with van der Waals surface area (Å²) in [5.74, 6) is -0.0307. The smallest absolute Gasteiger partial charge is 0.304 e.